The van der Waals surface area contributed by atoms with Crippen LogP contribution in [0.3, 0.4) is 0 Å². The average molecular weight is 210 g/mol. The lowest BCUT2D eigenvalue weighted by Gasteiger charge is -2.10. The van der Waals surface area contributed by atoms with Crippen LogP contribution in [0.5, 0.6) is 0 Å². The Hall–Kier alpha value is -1.36. The summed E-state index contributed by atoms with van der Waals surface area (Å²) >= 11 is 0. The first-order valence-corrected chi connectivity index (χ1v) is 5.06. The van der Waals surface area contributed by atoms with Crippen molar-refractivity contribution in [2.45, 2.75) is 32.4 Å². The van der Waals surface area contributed by atoms with Gasteiger partial charge in [-0.15, -0.1) is 0 Å². The fourth-order valence-corrected chi connectivity index (χ4v) is 1.78. The second-order valence-corrected chi connectivity index (χ2v) is 3.79. The van der Waals surface area contributed by atoms with Crippen molar-refractivity contribution in [2.75, 3.05) is 6.61 Å². The summed E-state index contributed by atoms with van der Waals surface area (Å²) in [6, 6.07) is 1.58. The summed E-state index contributed by atoms with van der Waals surface area (Å²) in [6.07, 6.45) is 2.30. The minimum absolute atomic E-state index is 0.102. The summed E-state index contributed by atoms with van der Waals surface area (Å²) in [5.74, 6) is -0.982. The van der Waals surface area contributed by atoms with Crippen LogP contribution in [0.15, 0.2) is 6.07 Å². The fraction of sp³-hybridized carbons (Fsp3) is 0.600. The van der Waals surface area contributed by atoms with Gasteiger partial charge in [-0.1, -0.05) is 0 Å². The van der Waals surface area contributed by atoms with Crippen molar-refractivity contribution in [3.05, 3.63) is 17.5 Å². The van der Waals surface area contributed by atoms with E-state index in [9.17, 15) is 4.79 Å². The van der Waals surface area contributed by atoms with E-state index in [2.05, 4.69) is 5.10 Å². The molecule has 1 N–H and O–H groups in total. The van der Waals surface area contributed by atoms with Crippen molar-refractivity contribution in [3.8, 4) is 0 Å². The maximum Gasteiger partial charge on any atom is 0.356 e. The maximum absolute atomic E-state index is 10.7. The zero-order chi connectivity index (χ0) is 10.8. The molecule has 0 bridgehead atoms. The van der Waals surface area contributed by atoms with Crippen LogP contribution in [0, 0.1) is 6.92 Å². The van der Waals surface area contributed by atoms with Gasteiger partial charge in [0.25, 0.3) is 0 Å². The van der Waals surface area contributed by atoms with Crippen LogP contribution >= 0.6 is 0 Å². The molecule has 5 heteroatoms. The minimum atomic E-state index is -0.982. The van der Waals surface area contributed by atoms with Crippen LogP contribution in [0.2, 0.25) is 0 Å². The lowest BCUT2D eigenvalue weighted by Crippen LogP contribution is -2.17. The molecule has 15 heavy (non-hydrogen) atoms. The van der Waals surface area contributed by atoms with Crippen LogP contribution in [0.25, 0.3) is 0 Å². The number of aromatic carboxylic acids is 1. The molecule has 82 valence electrons. The van der Waals surface area contributed by atoms with Crippen molar-refractivity contribution < 1.29 is 14.6 Å². The summed E-state index contributed by atoms with van der Waals surface area (Å²) in [7, 11) is 0. The monoisotopic (exact) mass is 210 g/mol. The van der Waals surface area contributed by atoms with Gasteiger partial charge >= 0.3 is 5.97 Å². The number of rotatable bonds is 3. The van der Waals surface area contributed by atoms with E-state index in [-0.39, 0.29) is 11.8 Å². The van der Waals surface area contributed by atoms with Crippen molar-refractivity contribution >= 4 is 5.97 Å². The van der Waals surface area contributed by atoms with Gasteiger partial charge in [0.15, 0.2) is 5.69 Å². The summed E-state index contributed by atoms with van der Waals surface area (Å²) in [6.45, 7) is 3.31. The van der Waals surface area contributed by atoms with E-state index in [1.54, 1.807) is 10.7 Å². The van der Waals surface area contributed by atoms with Crippen molar-refractivity contribution in [2.24, 2.45) is 0 Å². The molecule has 0 radical (unpaired) electrons. The summed E-state index contributed by atoms with van der Waals surface area (Å²) in [4.78, 5) is 10.7. The van der Waals surface area contributed by atoms with Gasteiger partial charge in [0.05, 0.1) is 12.6 Å². The Morgan fingerprint density at radius 3 is 3.13 bits per heavy atom. The maximum atomic E-state index is 10.7. The van der Waals surface area contributed by atoms with E-state index >= 15 is 0 Å². The SMILES string of the molecule is Cc1cc(C(=O)O)nn1CC1CCCO1. The Bertz CT molecular complexity index is 367. The zero-order valence-electron chi connectivity index (χ0n) is 8.64. The van der Waals surface area contributed by atoms with Crippen molar-refractivity contribution in [1.82, 2.24) is 9.78 Å². The third-order valence-electron chi connectivity index (χ3n) is 2.60. The highest BCUT2D eigenvalue weighted by Gasteiger charge is 2.18. The molecular weight excluding hydrogens is 196 g/mol. The Morgan fingerprint density at radius 2 is 2.60 bits per heavy atom. The smallest absolute Gasteiger partial charge is 0.356 e. The topological polar surface area (TPSA) is 64.3 Å². The number of aromatic nitrogens is 2. The molecule has 1 aromatic rings. The molecule has 1 aromatic heterocycles. The number of aryl methyl sites for hydroxylation is 1. The van der Waals surface area contributed by atoms with Gasteiger partial charge in [0, 0.05) is 12.3 Å². The van der Waals surface area contributed by atoms with E-state index in [0.29, 0.717) is 6.54 Å². The third kappa shape index (κ3) is 2.18. The van der Waals surface area contributed by atoms with Gasteiger partial charge in [-0.3, -0.25) is 4.68 Å². The number of hydrogen-bond donors (Lipinski definition) is 1. The van der Waals surface area contributed by atoms with Gasteiger partial charge in [-0.2, -0.15) is 5.10 Å². The Morgan fingerprint density at radius 1 is 1.80 bits per heavy atom. The number of carboxylic acids is 1. The van der Waals surface area contributed by atoms with E-state index in [4.69, 9.17) is 9.84 Å². The highest BCUT2D eigenvalue weighted by molar-refractivity contribution is 5.85. The lowest BCUT2D eigenvalue weighted by atomic mass is 10.2. The standard InChI is InChI=1S/C10H14N2O3/c1-7-5-9(10(13)14)11-12(7)6-8-3-2-4-15-8/h5,8H,2-4,6H2,1H3,(H,13,14). The van der Waals surface area contributed by atoms with Crippen LogP contribution in [0.1, 0.15) is 29.0 Å². The van der Waals surface area contributed by atoms with E-state index in [0.717, 1.165) is 25.1 Å². The predicted molar refractivity (Wildman–Crippen MR) is 52.9 cm³/mol. The Labute approximate surface area is 87.7 Å². The molecule has 0 amide bonds. The molecule has 0 saturated carbocycles. The number of carbonyl (C=O) groups is 1. The van der Waals surface area contributed by atoms with Gasteiger partial charge in [-0.05, 0) is 25.8 Å². The average Bonchev–Trinajstić information content (AvgIpc) is 2.77. The van der Waals surface area contributed by atoms with E-state index in [1.165, 1.54) is 0 Å². The molecule has 0 spiro atoms. The second kappa shape index (κ2) is 4.02. The summed E-state index contributed by atoms with van der Waals surface area (Å²) < 4.78 is 7.18. The number of ether oxygens (including phenoxy) is 1. The number of hydrogen-bond acceptors (Lipinski definition) is 3. The van der Waals surface area contributed by atoms with Crippen LogP contribution in [-0.4, -0.2) is 33.6 Å². The Kier molecular flexibility index (Phi) is 2.73. The molecule has 2 rings (SSSR count). The molecule has 1 aliphatic rings. The highest BCUT2D eigenvalue weighted by Crippen LogP contribution is 2.15. The number of carboxylic acid groups (broad SMARTS) is 1. The normalized spacial score (nSPS) is 20.7. The van der Waals surface area contributed by atoms with Crippen LogP contribution in [-0.2, 0) is 11.3 Å². The molecule has 5 nitrogen and oxygen atoms in total. The van der Waals surface area contributed by atoms with E-state index < -0.39 is 5.97 Å². The quantitative estimate of drug-likeness (QED) is 0.810. The zero-order valence-corrected chi connectivity index (χ0v) is 8.64. The first-order chi connectivity index (χ1) is 7.16. The van der Waals surface area contributed by atoms with Crippen molar-refractivity contribution in [1.29, 1.82) is 0 Å². The highest BCUT2D eigenvalue weighted by atomic mass is 16.5. The molecule has 0 aromatic carbocycles. The van der Waals surface area contributed by atoms with Gasteiger partial charge in [0.2, 0.25) is 0 Å². The Balaban J connectivity index is 2.10. The minimum Gasteiger partial charge on any atom is -0.476 e. The summed E-state index contributed by atoms with van der Waals surface area (Å²) in [5, 5.41) is 12.8. The molecule has 1 aliphatic heterocycles. The molecule has 0 aliphatic carbocycles. The van der Waals surface area contributed by atoms with Gasteiger partial charge in [0.1, 0.15) is 0 Å². The third-order valence-corrected chi connectivity index (χ3v) is 2.60. The molecular formula is C10H14N2O3. The van der Waals surface area contributed by atoms with Crippen molar-refractivity contribution in [3.63, 3.8) is 0 Å². The van der Waals surface area contributed by atoms with Gasteiger partial charge < -0.3 is 9.84 Å². The van der Waals surface area contributed by atoms with E-state index in [1.807, 2.05) is 6.92 Å². The predicted octanol–water partition coefficient (Wildman–Crippen LogP) is 1.07. The van der Waals surface area contributed by atoms with Gasteiger partial charge in [-0.25, -0.2) is 4.79 Å². The molecule has 1 unspecified atom stereocenters. The molecule has 2 heterocycles. The van der Waals surface area contributed by atoms with Crippen LogP contribution < -0.4 is 0 Å². The molecule has 1 saturated heterocycles. The fourth-order valence-electron chi connectivity index (χ4n) is 1.78. The molecule has 1 fully saturated rings. The largest absolute Gasteiger partial charge is 0.476 e. The van der Waals surface area contributed by atoms with Crippen LogP contribution in [0.4, 0.5) is 0 Å². The lowest BCUT2D eigenvalue weighted by molar-refractivity contribution is 0.0685. The second-order valence-electron chi connectivity index (χ2n) is 3.79. The number of nitrogens with zero attached hydrogens (tertiary/aromatic N) is 2. The molecule has 1 atom stereocenters. The first kappa shape index (κ1) is 10.2. The first-order valence-electron chi connectivity index (χ1n) is 5.06. The summed E-state index contributed by atoms with van der Waals surface area (Å²) in [5.41, 5.74) is 0.966.